The highest BCUT2D eigenvalue weighted by Gasteiger charge is 2.58. The number of hydrogen-bond acceptors (Lipinski definition) is 22. The molecule has 1 aliphatic carbocycles. The van der Waals surface area contributed by atoms with Gasteiger partial charge < -0.3 is 89.5 Å². The minimum Gasteiger partial charge on any atom is -0.462 e. The van der Waals surface area contributed by atoms with Crippen LogP contribution in [0.3, 0.4) is 0 Å². The first-order chi connectivity index (χ1) is 38.9. The lowest BCUT2D eigenvalue weighted by Gasteiger charge is -2.49. The maximum absolute atomic E-state index is 14.0. The second kappa shape index (κ2) is 42.3. The fraction of sp³-hybridized carbons (Fsp3) is 0.965. The highest BCUT2D eigenvalue weighted by Crippen LogP contribution is 2.49. The Bertz CT molecular complexity index is 1610. The predicted octanol–water partition coefficient (Wildman–Crippen LogP) is 4.93. The van der Waals surface area contributed by atoms with Gasteiger partial charge in [-0.05, 0) is 12.8 Å². The fourth-order valence-electron chi connectivity index (χ4n) is 10.5. The number of carbonyl (C=O) groups is 2. The molecule has 2 saturated heterocycles. The molecule has 0 aromatic rings. The second-order valence-electron chi connectivity index (χ2n) is 22.6. The number of carbonyl (C=O) groups excluding carboxylic acids is 2. The summed E-state index contributed by atoms with van der Waals surface area (Å²) in [6.45, 7) is 1.04. The average molecular weight is 1190 g/mol. The van der Waals surface area contributed by atoms with Crippen molar-refractivity contribution in [2.24, 2.45) is 0 Å². The highest BCUT2D eigenvalue weighted by molar-refractivity contribution is 7.47. The highest BCUT2D eigenvalue weighted by atomic mass is 31.2. The number of phosphoric acid groups is 1. The third kappa shape index (κ3) is 27.8. The average Bonchev–Trinajstić information content (AvgIpc) is 3.59. The Hall–Kier alpha value is -1.55. The molecule has 0 aromatic carbocycles. The van der Waals surface area contributed by atoms with Gasteiger partial charge in [0.05, 0.1) is 19.8 Å². The van der Waals surface area contributed by atoms with E-state index in [-0.39, 0.29) is 12.8 Å². The predicted molar refractivity (Wildman–Crippen MR) is 296 cm³/mol. The number of unbranched alkanes of at least 4 members (excludes halogenated alkanes) is 28. The van der Waals surface area contributed by atoms with Gasteiger partial charge in [0.2, 0.25) is 0 Å². The summed E-state index contributed by atoms with van der Waals surface area (Å²) in [5.74, 6) is -1.32. The summed E-state index contributed by atoms with van der Waals surface area (Å²) < 4.78 is 58.2. The summed E-state index contributed by atoms with van der Waals surface area (Å²) in [4.78, 5) is 37.5. The molecule has 0 amide bonds. The van der Waals surface area contributed by atoms with Gasteiger partial charge in [-0.1, -0.05) is 194 Å². The van der Waals surface area contributed by atoms with Crippen LogP contribution in [0.25, 0.3) is 0 Å². The van der Waals surface area contributed by atoms with Crippen LogP contribution < -0.4 is 0 Å². The largest absolute Gasteiger partial charge is 0.472 e. The molecular weight excluding hydrogens is 1080 g/mol. The molecule has 0 bridgehead atoms. The van der Waals surface area contributed by atoms with E-state index in [4.69, 9.17) is 37.5 Å². The number of aliphatic hydroxyl groups excluding tert-OH is 11. The summed E-state index contributed by atoms with van der Waals surface area (Å²) in [5, 5.41) is 117. The molecule has 0 spiro atoms. The third-order valence-corrected chi connectivity index (χ3v) is 16.7. The molecule has 0 radical (unpaired) electrons. The van der Waals surface area contributed by atoms with E-state index in [0.29, 0.717) is 12.8 Å². The van der Waals surface area contributed by atoms with Crippen molar-refractivity contribution in [2.45, 2.75) is 323 Å². The molecule has 0 aromatic heterocycles. The van der Waals surface area contributed by atoms with Crippen molar-refractivity contribution < 1.29 is 113 Å². The molecule has 16 atom stereocenters. The van der Waals surface area contributed by atoms with Crippen molar-refractivity contribution in [2.75, 3.05) is 26.4 Å². The third-order valence-electron chi connectivity index (χ3n) is 15.7. The Kier molecular flexibility index (Phi) is 38.5. The van der Waals surface area contributed by atoms with Crippen molar-refractivity contribution in [1.82, 2.24) is 0 Å². The van der Waals surface area contributed by atoms with Gasteiger partial charge in [0.1, 0.15) is 92.1 Å². The maximum Gasteiger partial charge on any atom is 0.472 e. The molecule has 2 aliphatic heterocycles. The Morgan fingerprint density at radius 1 is 0.420 bits per heavy atom. The summed E-state index contributed by atoms with van der Waals surface area (Å²) >= 11 is 0. The summed E-state index contributed by atoms with van der Waals surface area (Å²) in [5.41, 5.74) is 0. The van der Waals surface area contributed by atoms with Crippen LogP contribution in [0, 0.1) is 0 Å². The minimum absolute atomic E-state index is 0.0244. The molecule has 2 heterocycles. The van der Waals surface area contributed by atoms with Crippen LogP contribution in [0.1, 0.15) is 219 Å². The molecule has 16 unspecified atom stereocenters. The maximum atomic E-state index is 14.0. The van der Waals surface area contributed by atoms with Crippen molar-refractivity contribution in [3.05, 3.63) is 0 Å². The Morgan fingerprint density at radius 3 is 1.09 bits per heavy atom. The van der Waals surface area contributed by atoms with Crippen molar-refractivity contribution >= 4 is 19.8 Å². The number of aliphatic hydroxyl groups is 11. The second-order valence-corrected chi connectivity index (χ2v) is 24.0. The van der Waals surface area contributed by atoms with Crippen LogP contribution in [0.15, 0.2) is 0 Å². The molecule has 12 N–H and O–H groups in total. The fourth-order valence-corrected chi connectivity index (χ4v) is 11.5. The SMILES string of the molecule is CCCCCCCCCCCCCCCCCCCC(=O)OC(COC(=O)CCCCCCCCCCCCCCC)COP(=O)(O)OC1C(OC2OC(CO)C(O)C(O)C2O)C(O)C(O)C(O)C1OC1OC(CO)C(O)C(O)C1O. The first-order valence-electron chi connectivity index (χ1n) is 30.9. The van der Waals surface area contributed by atoms with Gasteiger partial charge in [0, 0.05) is 12.8 Å². The van der Waals surface area contributed by atoms with E-state index in [1.54, 1.807) is 0 Å². The van der Waals surface area contributed by atoms with Crippen LogP contribution in [-0.2, 0) is 51.6 Å². The Morgan fingerprint density at radius 2 is 0.741 bits per heavy atom. The van der Waals surface area contributed by atoms with Gasteiger partial charge in [-0.2, -0.15) is 0 Å². The van der Waals surface area contributed by atoms with Gasteiger partial charge in [0.25, 0.3) is 0 Å². The van der Waals surface area contributed by atoms with Gasteiger partial charge >= 0.3 is 19.8 Å². The van der Waals surface area contributed by atoms with Crippen LogP contribution in [-0.4, -0.2) is 204 Å². The molecular formula is C57H107O23P. The summed E-state index contributed by atoms with van der Waals surface area (Å²) in [6, 6.07) is 0. The standard InChI is InChI=1S/C57H107O23P/c1-3-5-7-9-11-13-15-17-18-19-20-22-24-26-28-30-32-34-43(61)75-39(37-73-42(60)33-31-29-27-25-23-21-16-14-12-10-8-6-4-2)38-74-81(71,72)80-55-53(78-56-51(69)46(64)44(62)40(35-58)76-56)49(67)48(66)50(68)54(55)79-57-52(70)47(65)45(63)41(36-59)77-57/h39-41,44-59,62-70H,3-38H2,1-2H3,(H,71,72). The van der Waals surface area contributed by atoms with Crippen molar-refractivity contribution in [3.8, 4) is 0 Å². The molecule has 3 rings (SSSR count). The van der Waals surface area contributed by atoms with Gasteiger partial charge in [0.15, 0.2) is 18.7 Å². The number of hydrogen-bond donors (Lipinski definition) is 12. The van der Waals surface area contributed by atoms with Gasteiger partial charge in [-0.3, -0.25) is 18.6 Å². The molecule has 24 heteroatoms. The molecule has 3 fully saturated rings. The van der Waals surface area contributed by atoms with E-state index < -0.39 is 150 Å². The van der Waals surface area contributed by atoms with E-state index in [1.807, 2.05) is 0 Å². The van der Waals surface area contributed by atoms with Gasteiger partial charge in [-0.25, -0.2) is 4.57 Å². The van der Waals surface area contributed by atoms with Gasteiger partial charge in [-0.15, -0.1) is 0 Å². The van der Waals surface area contributed by atoms with E-state index in [2.05, 4.69) is 13.8 Å². The first-order valence-corrected chi connectivity index (χ1v) is 32.4. The van der Waals surface area contributed by atoms with Crippen molar-refractivity contribution in [3.63, 3.8) is 0 Å². The lowest BCUT2D eigenvalue weighted by Crippen LogP contribution is -2.69. The van der Waals surface area contributed by atoms with Crippen LogP contribution in [0.5, 0.6) is 0 Å². The van der Waals surface area contributed by atoms with Crippen LogP contribution in [0.2, 0.25) is 0 Å². The molecule has 478 valence electrons. The monoisotopic (exact) mass is 1190 g/mol. The number of phosphoric ester groups is 1. The summed E-state index contributed by atoms with van der Waals surface area (Å²) in [7, 11) is -5.63. The van der Waals surface area contributed by atoms with E-state index in [9.17, 15) is 75.2 Å². The zero-order valence-electron chi connectivity index (χ0n) is 48.6. The number of esters is 2. The van der Waals surface area contributed by atoms with Crippen LogP contribution >= 0.6 is 7.82 Å². The normalized spacial score (nSPS) is 30.9. The Balaban J connectivity index is 1.67. The lowest BCUT2D eigenvalue weighted by molar-refractivity contribution is -0.360. The first kappa shape index (κ1) is 73.7. The molecule has 3 aliphatic rings. The zero-order valence-corrected chi connectivity index (χ0v) is 49.5. The zero-order chi connectivity index (χ0) is 59.6. The molecule has 1 saturated carbocycles. The lowest BCUT2D eigenvalue weighted by atomic mass is 9.84. The smallest absolute Gasteiger partial charge is 0.462 e. The number of rotatable bonds is 46. The minimum atomic E-state index is -5.63. The van der Waals surface area contributed by atoms with E-state index in [0.717, 1.165) is 57.8 Å². The topological polar surface area (TPSA) is 368 Å². The van der Waals surface area contributed by atoms with Crippen LogP contribution in [0.4, 0.5) is 0 Å². The summed E-state index contributed by atoms with van der Waals surface area (Å²) in [6.07, 6.45) is -0.698. The van der Waals surface area contributed by atoms with E-state index >= 15 is 0 Å². The Labute approximate surface area is 480 Å². The number of ether oxygens (including phenoxy) is 6. The van der Waals surface area contributed by atoms with E-state index in [1.165, 1.54) is 122 Å². The molecule has 81 heavy (non-hydrogen) atoms. The van der Waals surface area contributed by atoms with Crippen molar-refractivity contribution in [1.29, 1.82) is 0 Å². The molecule has 23 nitrogen and oxygen atoms in total. The quantitative estimate of drug-likeness (QED) is 0.0218.